The Morgan fingerprint density at radius 1 is 1.59 bits per heavy atom. The lowest BCUT2D eigenvalue weighted by Crippen LogP contribution is -2.33. The van der Waals surface area contributed by atoms with E-state index in [-0.39, 0.29) is 0 Å². The molecule has 0 aromatic carbocycles. The lowest BCUT2D eigenvalue weighted by atomic mass is 10.5. The number of nitrogens with zero attached hydrogens (tertiary/aromatic N) is 3. The molecule has 0 amide bonds. The summed E-state index contributed by atoms with van der Waals surface area (Å²) in [6.07, 6.45) is 3.77. The molecule has 0 radical (unpaired) electrons. The maximum Gasteiger partial charge on any atom is 0.166 e. The Morgan fingerprint density at radius 2 is 2.41 bits per heavy atom. The van der Waals surface area contributed by atoms with Gasteiger partial charge in [-0.15, -0.1) is 11.8 Å². The Hall–Kier alpha value is -1.27. The number of fused-ring (bicyclic) bond motifs is 1. The second-order valence-electron chi connectivity index (χ2n) is 3.63. The summed E-state index contributed by atoms with van der Waals surface area (Å²) < 4.78 is 2.07. The molecule has 4 nitrogen and oxygen atoms in total. The van der Waals surface area contributed by atoms with Crippen LogP contribution in [-0.2, 0) is 0 Å². The fourth-order valence-corrected chi connectivity index (χ4v) is 2.57. The van der Waals surface area contributed by atoms with E-state index >= 15 is 0 Å². The minimum absolute atomic E-state index is 0.437. The highest BCUT2D eigenvalue weighted by molar-refractivity contribution is 7.99. The fourth-order valence-electron chi connectivity index (χ4n) is 1.44. The van der Waals surface area contributed by atoms with E-state index in [0.717, 1.165) is 17.9 Å². The molecule has 0 aliphatic heterocycles. The maximum absolute atomic E-state index is 5.52. The molecular formula is C11H14N4S2. The van der Waals surface area contributed by atoms with Crippen molar-refractivity contribution in [2.45, 2.75) is 5.03 Å². The van der Waals surface area contributed by atoms with Crippen LogP contribution in [0, 0.1) is 0 Å². The van der Waals surface area contributed by atoms with Gasteiger partial charge in [0, 0.05) is 31.7 Å². The molecule has 0 atom stereocenters. The lowest BCUT2D eigenvalue weighted by Gasteiger charge is -2.16. The highest BCUT2D eigenvalue weighted by Gasteiger charge is 2.03. The molecule has 2 N–H and O–H groups in total. The minimum atomic E-state index is 0.437. The molecule has 0 unspecified atom stereocenters. The zero-order valence-corrected chi connectivity index (χ0v) is 11.2. The van der Waals surface area contributed by atoms with Crippen molar-refractivity contribution in [3.63, 3.8) is 0 Å². The van der Waals surface area contributed by atoms with Crippen molar-refractivity contribution in [2.75, 3.05) is 19.3 Å². The van der Waals surface area contributed by atoms with Gasteiger partial charge in [0.05, 0.1) is 5.03 Å². The zero-order chi connectivity index (χ0) is 12.3. The first-order chi connectivity index (χ1) is 8.18. The molecule has 17 heavy (non-hydrogen) atoms. The van der Waals surface area contributed by atoms with E-state index in [0.29, 0.717) is 5.11 Å². The van der Waals surface area contributed by atoms with Crippen LogP contribution in [0.4, 0.5) is 0 Å². The largest absolute Gasteiger partial charge is 0.376 e. The van der Waals surface area contributed by atoms with E-state index in [2.05, 4.69) is 15.5 Å². The Balaban J connectivity index is 1.99. The smallest absolute Gasteiger partial charge is 0.166 e. The van der Waals surface area contributed by atoms with Crippen LogP contribution >= 0.6 is 24.0 Å². The summed E-state index contributed by atoms with van der Waals surface area (Å²) in [6, 6.07) is 6.09. The third-order valence-electron chi connectivity index (χ3n) is 2.44. The maximum atomic E-state index is 5.52. The van der Waals surface area contributed by atoms with Gasteiger partial charge in [0.15, 0.2) is 5.11 Å². The van der Waals surface area contributed by atoms with E-state index in [1.165, 1.54) is 5.03 Å². The Bertz CT molecular complexity index is 523. The molecule has 90 valence electrons. The van der Waals surface area contributed by atoms with Gasteiger partial charge in [-0.05, 0) is 24.4 Å². The van der Waals surface area contributed by atoms with Gasteiger partial charge in [0.1, 0.15) is 5.65 Å². The van der Waals surface area contributed by atoms with Crippen molar-refractivity contribution in [1.29, 1.82) is 0 Å². The first-order valence-electron chi connectivity index (χ1n) is 5.24. The molecule has 0 aliphatic rings. The van der Waals surface area contributed by atoms with Gasteiger partial charge in [-0.25, -0.2) is 4.98 Å². The number of rotatable bonds is 4. The molecule has 2 aromatic rings. The third-order valence-corrected chi connectivity index (χ3v) is 3.77. The van der Waals surface area contributed by atoms with Gasteiger partial charge in [-0.3, -0.25) is 4.40 Å². The Labute approximate surface area is 110 Å². The van der Waals surface area contributed by atoms with E-state index in [9.17, 15) is 0 Å². The monoisotopic (exact) mass is 266 g/mol. The van der Waals surface area contributed by atoms with E-state index in [1.54, 1.807) is 18.0 Å². The van der Waals surface area contributed by atoms with Crippen molar-refractivity contribution < 1.29 is 0 Å². The zero-order valence-electron chi connectivity index (χ0n) is 9.54. The lowest BCUT2D eigenvalue weighted by molar-refractivity contribution is 0.544. The second kappa shape index (κ2) is 5.37. The fraction of sp³-hybridized carbons (Fsp3) is 0.273. The summed E-state index contributed by atoms with van der Waals surface area (Å²) >= 11 is 6.66. The standard InChI is InChI=1S/C11H14N4S2/c1-14(11(12)16)7-8-17-10-4-2-3-9-13-5-6-15(9)10/h2-6H,7-8H2,1H3,(H2,12,16). The van der Waals surface area contributed by atoms with Crippen LogP contribution in [0.2, 0.25) is 0 Å². The number of aromatic nitrogens is 2. The molecule has 0 saturated heterocycles. The van der Waals surface area contributed by atoms with Crippen LogP contribution in [-0.4, -0.2) is 38.7 Å². The highest BCUT2D eigenvalue weighted by Crippen LogP contribution is 2.18. The van der Waals surface area contributed by atoms with Gasteiger partial charge in [-0.2, -0.15) is 0 Å². The van der Waals surface area contributed by atoms with E-state index in [4.69, 9.17) is 18.0 Å². The third kappa shape index (κ3) is 2.89. The van der Waals surface area contributed by atoms with Crippen molar-refractivity contribution in [1.82, 2.24) is 14.3 Å². The number of thiocarbonyl (C=S) groups is 1. The summed E-state index contributed by atoms with van der Waals surface area (Å²) in [5.41, 5.74) is 6.49. The van der Waals surface area contributed by atoms with Crippen molar-refractivity contribution in [2.24, 2.45) is 5.73 Å². The van der Waals surface area contributed by atoms with E-state index in [1.807, 2.05) is 30.3 Å². The first kappa shape index (κ1) is 12.2. The van der Waals surface area contributed by atoms with E-state index < -0.39 is 0 Å². The first-order valence-corrected chi connectivity index (χ1v) is 6.63. The normalized spacial score (nSPS) is 10.6. The summed E-state index contributed by atoms with van der Waals surface area (Å²) in [4.78, 5) is 6.12. The highest BCUT2D eigenvalue weighted by atomic mass is 32.2. The van der Waals surface area contributed by atoms with Crippen LogP contribution in [0.5, 0.6) is 0 Å². The predicted molar refractivity (Wildman–Crippen MR) is 75.3 cm³/mol. The van der Waals surface area contributed by atoms with Crippen LogP contribution < -0.4 is 5.73 Å². The van der Waals surface area contributed by atoms with Gasteiger partial charge in [-0.1, -0.05) is 6.07 Å². The predicted octanol–water partition coefficient (Wildman–Crippen LogP) is 1.60. The van der Waals surface area contributed by atoms with Crippen molar-refractivity contribution in [3.8, 4) is 0 Å². The molecule has 0 aliphatic carbocycles. The topological polar surface area (TPSA) is 46.6 Å². The summed E-state index contributed by atoms with van der Waals surface area (Å²) in [6.45, 7) is 0.838. The molecule has 0 spiro atoms. The van der Waals surface area contributed by atoms with Crippen LogP contribution in [0.3, 0.4) is 0 Å². The van der Waals surface area contributed by atoms with Crippen LogP contribution in [0.25, 0.3) is 5.65 Å². The molecule has 0 bridgehead atoms. The van der Waals surface area contributed by atoms with Crippen LogP contribution in [0.1, 0.15) is 0 Å². The molecule has 2 aromatic heterocycles. The van der Waals surface area contributed by atoms with Gasteiger partial charge < -0.3 is 10.6 Å². The molecule has 2 heterocycles. The average molecular weight is 266 g/mol. The molecule has 0 fully saturated rings. The SMILES string of the molecule is CN(CCSc1cccc2nccn12)C(N)=S. The second-order valence-corrected chi connectivity index (χ2v) is 5.16. The van der Waals surface area contributed by atoms with Crippen molar-refractivity contribution in [3.05, 3.63) is 30.6 Å². The summed E-state index contributed by atoms with van der Waals surface area (Å²) in [7, 11) is 1.90. The van der Waals surface area contributed by atoms with Crippen molar-refractivity contribution >= 4 is 34.7 Å². The average Bonchev–Trinajstić information content (AvgIpc) is 2.77. The number of pyridine rings is 1. The van der Waals surface area contributed by atoms with Gasteiger partial charge in [0.2, 0.25) is 0 Å². The number of nitrogens with two attached hydrogens (primary N) is 1. The number of hydrogen-bond donors (Lipinski definition) is 1. The van der Waals surface area contributed by atoms with Gasteiger partial charge >= 0.3 is 0 Å². The molecule has 0 saturated carbocycles. The van der Waals surface area contributed by atoms with Gasteiger partial charge in [0.25, 0.3) is 0 Å². The number of imidazole rings is 1. The Kier molecular flexibility index (Phi) is 3.86. The molecule has 2 rings (SSSR count). The quantitative estimate of drug-likeness (QED) is 0.673. The number of hydrogen-bond acceptors (Lipinski definition) is 3. The Morgan fingerprint density at radius 3 is 3.18 bits per heavy atom. The minimum Gasteiger partial charge on any atom is -0.376 e. The molecular weight excluding hydrogens is 252 g/mol. The summed E-state index contributed by atoms with van der Waals surface area (Å²) in [5, 5.41) is 1.61. The summed E-state index contributed by atoms with van der Waals surface area (Å²) in [5.74, 6) is 0.936. The number of thioether (sulfide) groups is 1. The van der Waals surface area contributed by atoms with Crippen LogP contribution in [0.15, 0.2) is 35.6 Å². The molecule has 6 heteroatoms.